The Morgan fingerprint density at radius 1 is 1.20 bits per heavy atom. The molecule has 0 spiro atoms. The molecule has 1 aromatic carbocycles. The van der Waals surface area contributed by atoms with Crippen molar-refractivity contribution in [3.8, 4) is 0 Å². The highest BCUT2D eigenvalue weighted by molar-refractivity contribution is 9.09. The van der Waals surface area contributed by atoms with E-state index in [9.17, 15) is 8.42 Å². The number of benzene rings is 1. The number of alkyl halides is 1. The molecule has 0 saturated heterocycles. The van der Waals surface area contributed by atoms with Crippen molar-refractivity contribution in [1.29, 1.82) is 0 Å². The molecule has 1 aliphatic rings. The van der Waals surface area contributed by atoms with Crippen molar-refractivity contribution < 1.29 is 8.42 Å². The molecule has 2 rings (SSSR count). The van der Waals surface area contributed by atoms with E-state index in [1.165, 1.54) is 5.56 Å². The third kappa shape index (κ3) is 4.48. The lowest BCUT2D eigenvalue weighted by Crippen LogP contribution is -2.29. The highest BCUT2D eigenvalue weighted by Crippen LogP contribution is 2.25. The van der Waals surface area contributed by atoms with Crippen LogP contribution in [0.25, 0.3) is 0 Å². The number of hydrogen-bond donors (Lipinski definition) is 1. The Morgan fingerprint density at radius 3 is 2.65 bits per heavy atom. The fraction of sp³-hybridized carbons (Fsp3) is 0.600. The zero-order chi connectivity index (χ0) is 14.4. The van der Waals surface area contributed by atoms with Gasteiger partial charge in [0.05, 0.1) is 5.25 Å². The predicted octanol–water partition coefficient (Wildman–Crippen LogP) is 4.09. The Hall–Kier alpha value is -0.550. The normalized spacial score (nSPS) is 17.1. The molecule has 1 saturated carbocycles. The van der Waals surface area contributed by atoms with Crippen LogP contribution in [0.2, 0.25) is 0 Å². The van der Waals surface area contributed by atoms with Crippen LogP contribution in [-0.2, 0) is 16.4 Å². The lowest BCUT2D eigenvalue weighted by atomic mass is 10.0. The summed E-state index contributed by atoms with van der Waals surface area (Å²) in [5, 5.41) is 0.743. The summed E-state index contributed by atoms with van der Waals surface area (Å²) in [5.41, 5.74) is 1.87. The van der Waals surface area contributed by atoms with Crippen molar-refractivity contribution >= 4 is 31.6 Å². The van der Waals surface area contributed by atoms with Crippen LogP contribution in [0.3, 0.4) is 0 Å². The van der Waals surface area contributed by atoms with Crippen LogP contribution in [-0.4, -0.2) is 19.0 Å². The fourth-order valence-corrected chi connectivity index (χ4v) is 4.54. The average molecular weight is 360 g/mol. The highest BCUT2D eigenvalue weighted by Gasteiger charge is 2.27. The summed E-state index contributed by atoms with van der Waals surface area (Å²) in [6.45, 7) is 0. The highest BCUT2D eigenvalue weighted by atomic mass is 79.9. The Kier molecular flexibility index (Phi) is 5.90. The van der Waals surface area contributed by atoms with Crippen LogP contribution < -0.4 is 4.72 Å². The summed E-state index contributed by atoms with van der Waals surface area (Å²) in [4.78, 5) is 0. The van der Waals surface area contributed by atoms with Crippen LogP contribution >= 0.6 is 15.9 Å². The minimum Gasteiger partial charge on any atom is -0.283 e. The maximum Gasteiger partial charge on any atom is 0.235 e. The number of hydrogen-bond acceptors (Lipinski definition) is 2. The van der Waals surface area contributed by atoms with Gasteiger partial charge in [-0.25, -0.2) is 8.42 Å². The molecule has 0 radical (unpaired) electrons. The van der Waals surface area contributed by atoms with E-state index in [1.807, 2.05) is 24.3 Å². The summed E-state index contributed by atoms with van der Waals surface area (Å²) in [6.07, 6.45) is 6.81. The van der Waals surface area contributed by atoms with E-state index in [2.05, 4.69) is 20.7 Å². The molecular weight excluding hydrogens is 338 g/mol. The molecule has 0 amide bonds. The average Bonchev–Trinajstić information content (AvgIpc) is 2.46. The second kappa shape index (κ2) is 7.46. The van der Waals surface area contributed by atoms with Gasteiger partial charge in [-0.05, 0) is 43.4 Å². The Bertz CT molecular complexity index is 524. The third-order valence-corrected chi connectivity index (χ3v) is 6.21. The molecule has 0 heterocycles. The van der Waals surface area contributed by atoms with Crippen LogP contribution in [0.15, 0.2) is 24.3 Å². The standard InChI is InChI=1S/C15H22BrNO2S/c16-11-5-7-13-6-4-8-14(12-13)17-20(18,19)15-9-2-1-3-10-15/h4,6,8,12,15,17H,1-3,5,7,9-11H2. The van der Waals surface area contributed by atoms with Crippen molar-refractivity contribution in [3.05, 3.63) is 29.8 Å². The lowest BCUT2D eigenvalue weighted by molar-refractivity contribution is 0.486. The van der Waals surface area contributed by atoms with Gasteiger partial charge in [0.2, 0.25) is 10.0 Å². The second-order valence-corrected chi connectivity index (χ2v) is 8.15. The van der Waals surface area contributed by atoms with Crippen molar-refractivity contribution in [1.82, 2.24) is 0 Å². The molecule has 5 heteroatoms. The third-order valence-electron chi connectivity index (χ3n) is 3.78. The largest absolute Gasteiger partial charge is 0.283 e. The molecule has 3 nitrogen and oxygen atoms in total. The van der Waals surface area contributed by atoms with E-state index in [0.717, 1.165) is 50.3 Å². The van der Waals surface area contributed by atoms with Crippen LogP contribution in [0.1, 0.15) is 44.1 Å². The number of anilines is 1. The maximum absolute atomic E-state index is 12.4. The van der Waals surface area contributed by atoms with Gasteiger partial charge in [-0.15, -0.1) is 0 Å². The zero-order valence-corrected chi connectivity index (χ0v) is 14.0. The molecule has 0 aliphatic heterocycles. The number of aryl methyl sites for hydroxylation is 1. The minimum atomic E-state index is -3.23. The molecule has 0 atom stereocenters. The van der Waals surface area contributed by atoms with Crippen LogP contribution in [0, 0.1) is 0 Å². The lowest BCUT2D eigenvalue weighted by Gasteiger charge is -2.22. The maximum atomic E-state index is 12.4. The Balaban J connectivity index is 2.04. The Morgan fingerprint density at radius 2 is 1.95 bits per heavy atom. The summed E-state index contributed by atoms with van der Waals surface area (Å²) in [7, 11) is -3.23. The quantitative estimate of drug-likeness (QED) is 0.777. The smallest absolute Gasteiger partial charge is 0.235 e. The van der Waals surface area contributed by atoms with Gasteiger partial charge in [0, 0.05) is 11.0 Å². The van der Waals surface area contributed by atoms with E-state index in [0.29, 0.717) is 5.69 Å². The van der Waals surface area contributed by atoms with Gasteiger partial charge in [0.1, 0.15) is 0 Å². The first-order chi connectivity index (χ1) is 9.62. The van der Waals surface area contributed by atoms with Crippen molar-refractivity contribution in [3.63, 3.8) is 0 Å². The number of sulfonamides is 1. The Labute approximate surface area is 130 Å². The van der Waals surface area contributed by atoms with Gasteiger partial charge in [-0.3, -0.25) is 4.72 Å². The van der Waals surface area contributed by atoms with Gasteiger partial charge in [0.15, 0.2) is 0 Å². The van der Waals surface area contributed by atoms with E-state index in [4.69, 9.17) is 0 Å². The molecule has 1 fully saturated rings. The van der Waals surface area contributed by atoms with Crippen molar-refractivity contribution in [2.24, 2.45) is 0 Å². The predicted molar refractivity (Wildman–Crippen MR) is 88.0 cm³/mol. The monoisotopic (exact) mass is 359 g/mol. The number of halogens is 1. The molecule has 112 valence electrons. The summed E-state index contributed by atoms with van der Waals surface area (Å²) in [6, 6.07) is 7.74. The molecule has 1 aromatic rings. The summed E-state index contributed by atoms with van der Waals surface area (Å²) in [5.74, 6) is 0. The first-order valence-electron chi connectivity index (χ1n) is 7.28. The second-order valence-electron chi connectivity index (χ2n) is 5.40. The van der Waals surface area contributed by atoms with Crippen molar-refractivity contribution in [2.75, 3.05) is 10.1 Å². The topological polar surface area (TPSA) is 46.2 Å². The fourth-order valence-electron chi connectivity index (χ4n) is 2.68. The molecule has 1 aliphatic carbocycles. The molecule has 0 aromatic heterocycles. The first-order valence-corrected chi connectivity index (χ1v) is 9.95. The molecule has 0 unspecified atom stereocenters. The van der Waals surface area contributed by atoms with Crippen LogP contribution in [0.5, 0.6) is 0 Å². The SMILES string of the molecule is O=S(=O)(Nc1cccc(CCCBr)c1)C1CCCCC1. The van der Waals surface area contributed by atoms with Gasteiger partial charge in [-0.2, -0.15) is 0 Å². The number of rotatable bonds is 6. The van der Waals surface area contributed by atoms with Gasteiger partial charge in [-0.1, -0.05) is 47.3 Å². The minimum absolute atomic E-state index is 0.220. The molecule has 1 N–H and O–H groups in total. The summed E-state index contributed by atoms with van der Waals surface area (Å²) < 4.78 is 27.5. The van der Waals surface area contributed by atoms with Gasteiger partial charge in [0.25, 0.3) is 0 Å². The first kappa shape index (κ1) is 15.8. The van der Waals surface area contributed by atoms with E-state index >= 15 is 0 Å². The van der Waals surface area contributed by atoms with E-state index in [-0.39, 0.29) is 5.25 Å². The van der Waals surface area contributed by atoms with E-state index < -0.39 is 10.0 Å². The molecular formula is C15H22BrNO2S. The van der Waals surface area contributed by atoms with Gasteiger partial charge < -0.3 is 0 Å². The summed E-state index contributed by atoms with van der Waals surface area (Å²) >= 11 is 3.41. The van der Waals surface area contributed by atoms with Crippen molar-refractivity contribution in [2.45, 2.75) is 50.2 Å². The molecule has 20 heavy (non-hydrogen) atoms. The number of nitrogens with one attached hydrogen (secondary N) is 1. The van der Waals surface area contributed by atoms with Crippen LogP contribution in [0.4, 0.5) is 5.69 Å². The van der Waals surface area contributed by atoms with Gasteiger partial charge >= 0.3 is 0 Å². The zero-order valence-electron chi connectivity index (χ0n) is 11.6. The van der Waals surface area contributed by atoms with E-state index in [1.54, 1.807) is 0 Å². The molecule has 0 bridgehead atoms.